The molecule has 204 valence electrons. The molecule has 39 heavy (non-hydrogen) atoms. The van der Waals surface area contributed by atoms with E-state index in [9.17, 15) is 9.59 Å². The number of carbonyl (C=O) groups excluding carboxylic acids is 2. The van der Waals surface area contributed by atoms with Gasteiger partial charge >= 0.3 is 5.97 Å². The second-order valence-electron chi connectivity index (χ2n) is 11.8. The van der Waals surface area contributed by atoms with E-state index in [0.717, 1.165) is 68.5 Å². The maximum Gasteiger partial charge on any atom is 0.337 e. The zero-order chi connectivity index (χ0) is 27.1. The van der Waals surface area contributed by atoms with Gasteiger partial charge in [0.1, 0.15) is 17.2 Å². The maximum atomic E-state index is 13.3. The zero-order valence-electron chi connectivity index (χ0n) is 23.1. The first-order valence-corrected chi connectivity index (χ1v) is 14.2. The number of aryl methyl sites for hydroxylation is 2. The van der Waals surface area contributed by atoms with Crippen LogP contribution in [0.25, 0.3) is 11.3 Å². The van der Waals surface area contributed by atoms with E-state index in [4.69, 9.17) is 9.47 Å². The number of rotatable bonds is 7. The van der Waals surface area contributed by atoms with E-state index < -0.39 is 0 Å². The molecule has 2 saturated carbocycles. The molecule has 7 heteroatoms. The highest BCUT2D eigenvalue weighted by atomic mass is 16.5. The summed E-state index contributed by atoms with van der Waals surface area (Å²) >= 11 is 0. The summed E-state index contributed by atoms with van der Waals surface area (Å²) in [6.45, 7) is 3.03. The van der Waals surface area contributed by atoms with Gasteiger partial charge in [0.05, 0.1) is 26.0 Å². The summed E-state index contributed by atoms with van der Waals surface area (Å²) in [6.07, 6.45) is 9.03. The predicted molar refractivity (Wildman–Crippen MR) is 148 cm³/mol. The van der Waals surface area contributed by atoms with Crippen LogP contribution in [-0.4, -0.2) is 41.0 Å². The second kappa shape index (κ2) is 10.2. The third-order valence-electron chi connectivity index (χ3n) is 9.88. The number of aromatic nitrogens is 3. The number of carbonyl (C=O) groups is 2. The number of Topliss-reactive ketones (excluding diaryl/α,β-unsaturated/α-hetero) is 1. The van der Waals surface area contributed by atoms with Crippen LogP contribution in [0.15, 0.2) is 48.7 Å². The Labute approximate surface area is 229 Å². The molecule has 3 aromatic rings. The first kappa shape index (κ1) is 25.8. The van der Waals surface area contributed by atoms with Crippen LogP contribution >= 0.6 is 0 Å². The van der Waals surface area contributed by atoms with Gasteiger partial charge < -0.3 is 9.47 Å². The molecule has 3 aliphatic rings. The third-order valence-corrected chi connectivity index (χ3v) is 9.88. The Morgan fingerprint density at radius 1 is 1.13 bits per heavy atom. The van der Waals surface area contributed by atoms with Gasteiger partial charge in [-0.2, -0.15) is 0 Å². The van der Waals surface area contributed by atoms with Crippen molar-refractivity contribution < 1.29 is 19.1 Å². The van der Waals surface area contributed by atoms with Gasteiger partial charge in [0.25, 0.3) is 0 Å². The van der Waals surface area contributed by atoms with E-state index in [1.54, 1.807) is 19.2 Å². The van der Waals surface area contributed by atoms with Crippen molar-refractivity contribution in [1.29, 1.82) is 0 Å². The van der Waals surface area contributed by atoms with Gasteiger partial charge in [-0.15, -0.1) is 5.10 Å². The van der Waals surface area contributed by atoms with Crippen molar-refractivity contribution in [3.05, 3.63) is 65.4 Å². The summed E-state index contributed by atoms with van der Waals surface area (Å²) in [5, 5.41) is 8.68. The molecule has 1 aromatic heterocycles. The minimum atomic E-state index is -0.353. The average Bonchev–Trinajstić information content (AvgIpc) is 3.54. The molecule has 1 heterocycles. The number of fused-ring (bicyclic) bond motifs is 5. The van der Waals surface area contributed by atoms with Gasteiger partial charge in [0, 0.05) is 23.9 Å². The Hall–Kier alpha value is -3.48. The van der Waals surface area contributed by atoms with Crippen LogP contribution in [0.2, 0.25) is 0 Å². The fourth-order valence-electron chi connectivity index (χ4n) is 7.96. The van der Waals surface area contributed by atoms with E-state index in [1.807, 2.05) is 23.0 Å². The SMILES string of the molecule is COC(=O)c1ccc(-c2cn(CCC[C@@H]3CC(=O)[C@@]4(C)CCC5c6ccc(OC)cc6CCC5C34)nn2)cc1. The van der Waals surface area contributed by atoms with Crippen molar-refractivity contribution in [3.63, 3.8) is 0 Å². The molecule has 0 spiro atoms. The topological polar surface area (TPSA) is 83.3 Å². The van der Waals surface area contributed by atoms with Crippen LogP contribution in [0.5, 0.6) is 5.75 Å². The summed E-state index contributed by atoms with van der Waals surface area (Å²) in [5.74, 6) is 3.09. The number of nitrogens with zero attached hydrogens (tertiary/aromatic N) is 3. The molecule has 0 aliphatic heterocycles. The lowest BCUT2D eigenvalue weighted by atomic mass is 9.54. The van der Waals surface area contributed by atoms with Gasteiger partial charge in [-0.1, -0.05) is 30.3 Å². The first-order chi connectivity index (χ1) is 18.9. The molecule has 7 nitrogen and oxygen atoms in total. The Morgan fingerprint density at radius 3 is 2.72 bits per heavy atom. The molecular formula is C32H37N3O4. The molecule has 5 atom stereocenters. The lowest BCUT2D eigenvalue weighted by molar-refractivity contribution is -0.129. The normalized spacial score (nSPS) is 27.4. The number of ketones is 1. The van der Waals surface area contributed by atoms with E-state index in [0.29, 0.717) is 35.0 Å². The molecular weight excluding hydrogens is 490 g/mol. The number of hydrogen-bond acceptors (Lipinski definition) is 6. The first-order valence-electron chi connectivity index (χ1n) is 14.2. The predicted octanol–water partition coefficient (Wildman–Crippen LogP) is 5.87. The highest BCUT2D eigenvalue weighted by Gasteiger charge is 2.58. The van der Waals surface area contributed by atoms with Crippen molar-refractivity contribution in [2.45, 2.75) is 64.3 Å². The minimum Gasteiger partial charge on any atom is -0.497 e. The zero-order valence-corrected chi connectivity index (χ0v) is 23.1. The molecule has 3 unspecified atom stereocenters. The minimum absolute atomic E-state index is 0.174. The van der Waals surface area contributed by atoms with Crippen LogP contribution in [0.3, 0.4) is 0 Å². The number of hydrogen-bond donors (Lipinski definition) is 0. The summed E-state index contributed by atoms with van der Waals surface area (Å²) in [7, 11) is 3.11. The fourth-order valence-corrected chi connectivity index (χ4v) is 7.96. The molecule has 0 bridgehead atoms. The van der Waals surface area contributed by atoms with Crippen molar-refractivity contribution in [3.8, 4) is 17.0 Å². The van der Waals surface area contributed by atoms with Crippen molar-refractivity contribution in [2.75, 3.05) is 14.2 Å². The number of benzene rings is 2. The van der Waals surface area contributed by atoms with Crippen molar-refractivity contribution >= 4 is 11.8 Å². The van der Waals surface area contributed by atoms with Crippen LogP contribution in [-0.2, 0) is 22.5 Å². The van der Waals surface area contributed by atoms with E-state index >= 15 is 0 Å². The van der Waals surface area contributed by atoms with Crippen LogP contribution in [0.4, 0.5) is 0 Å². The van der Waals surface area contributed by atoms with Crippen LogP contribution in [0.1, 0.15) is 72.9 Å². The molecule has 0 N–H and O–H groups in total. The monoisotopic (exact) mass is 527 g/mol. The van der Waals surface area contributed by atoms with Crippen LogP contribution in [0, 0.1) is 23.2 Å². The van der Waals surface area contributed by atoms with Crippen molar-refractivity contribution in [2.24, 2.45) is 23.2 Å². The van der Waals surface area contributed by atoms with Gasteiger partial charge in [0.2, 0.25) is 0 Å². The highest BCUT2D eigenvalue weighted by molar-refractivity contribution is 5.90. The maximum absolute atomic E-state index is 13.3. The molecule has 2 aromatic carbocycles. The average molecular weight is 528 g/mol. The lowest BCUT2D eigenvalue weighted by Crippen LogP contribution is -2.44. The van der Waals surface area contributed by atoms with E-state index in [-0.39, 0.29) is 11.4 Å². The lowest BCUT2D eigenvalue weighted by Gasteiger charge is -2.50. The molecule has 2 fully saturated rings. The largest absolute Gasteiger partial charge is 0.497 e. The standard InChI is InChI=1S/C32H37N3O4/c1-32-15-14-26-25-13-11-24(38-2)17-22(25)10-12-27(26)30(32)23(18-29(32)36)5-4-16-35-19-28(33-34-35)20-6-8-21(9-7-20)31(37)39-3/h6-9,11,13,17,19,23,26-27,30H,4-5,10,12,14-16,18H2,1-3H3/t23-,26?,27?,30?,32-/m1/s1. The molecule has 0 amide bonds. The Morgan fingerprint density at radius 2 is 1.95 bits per heavy atom. The molecule has 0 saturated heterocycles. The fraction of sp³-hybridized carbons (Fsp3) is 0.500. The summed E-state index contributed by atoms with van der Waals surface area (Å²) in [4.78, 5) is 25.0. The Kier molecular flexibility index (Phi) is 6.77. The highest BCUT2D eigenvalue weighted by Crippen LogP contribution is 2.62. The Balaban J connectivity index is 1.13. The third kappa shape index (κ3) is 4.56. The van der Waals surface area contributed by atoms with E-state index in [2.05, 4.69) is 35.4 Å². The molecule has 6 rings (SSSR count). The Bertz CT molecular complexity index is 1380. The van der Waals surface area contributed by atoms with Crippen molar-refractivity contribution in [1.82, 2.24) is 15.0 Å². The molecule has 3 aliphatic carbocycles. The summed E-state index contributed by atoms with van der Waals surface area (Å²) in [6, 6.07) is 13.8. The van der Waals surface area contributed by atoms with Gasteiger partial charge in [-0.3, -0.25) is 9.48 Å². The molecule has 0 radical (unpaired) electrons. The summed E-state index contributed by atoms with van der Waals surface area (Å²) in [5.41, 5.74) is 4.95. The van der Waals surface area contributed by atoms with E-state index in [1.165, 1.54) is 18.2 Å². The number of ether oxygens (including phenoxy) is 2. The van der Waals surface area contributed by atoms with Gasteiger partial charge in [0.15, 0.2) is 0 Å². The number of esters is 1. The summed E-state index contributed by atoms with van der Waals surface area (Å²) < 4.78 is 12.2. The number of methoxy groups -OCH3 is 2. The smallest absolute Gasteiger partial charge is 0.337 e. The van der Waals surface area contributed by atoms with Gasteiger partial charge in [-0.05, 0) is 97.6 Å². The van der Waals surface area contributed by atoms with Gasteiger partial charge in [-0.25, -0.2) is 4.79 Å². The quantitative estimate of drug-likeness (QED) is 0.357. The van der Waals surface area contributed by atoms with Crippen LogP contribution < -0.4 is 4.74 Å². The second-order valence-corrected chi connectivity index (χ2v) is 11.8.